The average molecular weight is 502 g/mol. The fraction of sp³-hybridized carbons (Fsp3) is 0.444. The molecule has 0 bridgehead atoms. The smallest absolute Gasteiger partial charge is 0.407 e. The molecule has 0 aliphatic heterocycles. The van der Waals surface area contributed by atoms with Crippen LogP contribution in [0.2, 0.25) is 5.02 Å². The Kier molecular flexibility index (Phi) is 8.54. The standard InChI is InChI=1S/C27H33ClFN3O3/c1-16(2)7-10-24(17(3)32-26(33)35-27(4,5)6)34-25-22(28)13-18(15-31-25)20-11-12-30-23-14-19(29)8-9-21(20)23/h8-9,11-17,24H,7,10H2,1-6H3,(H,32,33). The lowest BCUT2D eigenvalue weighted by atomic mass is 10.0. The number of pyridine rings is 2. The van der Waals surface area contributed by atoms with Gasteiger partial charge >= 0.3 is 6.09 Å². The predicted octanol–water partition coefficient (Wildman–Crippen LogP) is 7.19. The topological polar surface area (TPSA) is 73.3 Å². The molecule has 2 aromatic heterocycles. The van der Waals surface area contributed by atoms with Crippen molar-refractivity contribution in [3.63, 3.8) is 0 Å². The Labute approximate surface area is 211 Å². The zero-order valence-corrected chi connectivity index (χ0v) is 21.8. The van der Waals surface area contributed by atoms with Gasteiger partial charge in [-0.05, 0) is 76.3 Å². The first-order valence-electron chi connectivity index (χ1n) is 11.8. The van der Waals surface area contributed by atoms with Gasteiger partial charge in [0.1, 0.15) is 22.5 Å². The van der Waals surface area contributed by atoms with Crippen LogP contribution in [0.15, 0.2) is 42.7 Å². The summed E-state index contributed by atoms with van der Waals surface area (Å²) in [5, 5.41) is 4.01. The summed E-state index contributed by atoms with van der Waals surface area (Å²) < 4.78 is 25.2. The molecule has 2 atom stereocenters. The number of carbonyl (C=O) groups excluding carboxylic acids is 1. The fourth-order valence-electron chi connectivity index (χ4n) is 3.67. The molecule has 1 amide bonds. The number of amides is 1. The van der Waals surface area contributed by atoms with E-state index in [2.05, 4.69) is 29.1 Å². The second-order valence-electron chi connectivity index (χ2n) is 10.1. The summed E-state index contributed by atoms with van der Waals surface area (Å²) in [5.74, 6) is 0.403. The fourth-order valence-corrected chi connectivity index (χ4v) is 3.88. The molecule has 0 aliphatic carbocycles. The van der Waals surface area contributed by atoms with Gasteiger partial charge in [-0.1, -0.05) is 25.4 Å². The van der Waals surface area contributed by atoms with E-state index in [0.29, 0.717) is 22.9 Å². The second kappa shape index (κ2) is 11.2. The Bertz CT molecular complexity index is 1180. The molecule has 0 fully saturated rings. The van der Waals surface area contributed by atoms with Crippen molar-refractivity contribution in [2.75, 3.05) is 0 Å². The second-order valence-corrected chi connectivity index (χ2v) is 10.5. The van der Waals surface area contributed by atoms with Crippen LogP contribution < -0.4 is 10.1 Å². The molecule has 0 radical (unpaired) electrons. The SMILES string of the molecule is CC(C)CCC(Oc1ncc(-c2ccnc3cc(F)ccc23)cc1Cl)C(C)NC(=O)OC(C)(C)C. The molecule has 8 heteroatoms. The van der Waals surface area contributed by atoms with Crippen LogP contribution in [0, 0.1) is 11.7 Å². The van der Waals surface area contributed by atoms with Crippen LogP contribution in [-0.4, -0.2) is 33.8 Å². The molecular weight excluding hydrogens is 469 g/mol. The molecule has 1 N–H and O–H groups in total. The third-order valence-electron chi connectivity index (χ3n) is 5.42. The van der Waals surface area contributed by atoms with Crippen molar-refractivity contribution in [3.8, 4) is 17.0 Å². The minimum Gasteiger partial charge on any atom is -0.471 e. The van der Waals surface area contributed by atoms with E-state index in [-0.39, 0.29) is 23.8 Å². The van der Waals surface area contributed by atoms with E-state index in [1.54, 1.807) is 24.5 Å². The number of rotatable bonds is 8. The van der Waals surface area contributed by atoms with Crippen molar-refractivity contribution in [2.24, 2.45) is 5.92 Å². The maximum Gasteiger partial charge on any atom is 0.407 e. The summed E-state index contributed by atoms with van der Waals surface area (Å²) >= 11 is 6.58. The highest BCUT2D eigenvalue weighted by Crippen LogP contribution is 2.33. The van der Waals surface area contributed by atoms with Crippen LogP contribution in [0.1, 0.15) is 54.4 Å². The van der Waals surface area contributed by atoms with Crippen LogP contribution in [0.25, 0.3) is 22.0 Å². The van der Waals surface area contributed by atoms with Gasteiger partial charge in [0, 0.05) is 29.4 Å². The Morgan fingerprint density at radius 2 is 1.86 bits per heavy atom. The maximum atomic E-state index is 13.6. The van der Waals surface area contributed by atoms with Crippen molar-refractivity contribution >= 4 is 28.6 Å². The summed E-state index contributed by atoms with van der Waals surface area (Å²) in [6.07, 6.45) is 4.05. The molecule has 0 spiro atoms. The lowest BCUT2D eigenvalue weighted by molar-refractivity contribution is 0.0444. The van der Waals surface area contributed by atoms with E-state index in [1.165, 1.54) is 12.1 Å². The van der Waals surface area contributed by atoms with E-state index >= 15 is 0 Å². The van der Waals surface area contributed by atoms with E-state index in [4.69, 9.17) is 21.1 Å². The third kappa shape index (κ3) is 7.52. The van der Waals surface area contributed by atoms with Gasteiger partial charge in [-0.15, -0.1) is 0 Å². The van der Waals surface area contributed by atoms with Crippen molar-refractivity contribution < 1.29 is 18.7 Å². The minimum atomic E-state index is -0.596. The first-order valence-corrected chi connectivity index (χ1v) is 12.2. The van der Waals surface area contributed by atoms with Crippen LogP contribution in [0.3, 0.4) is 0 Å². The lowest BCUT2D eigenvalue weighted by Gasteiger charge is -2.28. The van der Waals surface area contributed by atoms with E-state index < -0.39 is 11.7 Å². The number of nitrogens with zero attached hydrogens (tertiary/aromatic N) is 2. The molecule has 2 heterocycles. The molecule has 0 aliphatic rings. The van der Waals surface area contributed by atoms with Gasteiger partial charge < -0.3 is 14.8 Å². The number of fused-ring (bicyclic) bond motifs is 1. The molecule has 3 aromatic rings. The number of ether oxygens (including phenoxy) is 2. The molecule has 0 saturated heterocycles. The molecule has 2 unspecified atom stereocenters. The number of carbonyl (C=O) groups is 1. The van der Waals surface area contributed by atoms with E-state index in [1.807, 2.05) is 33.8 Å². The van der Waals surface area contributed by atoms with Gasteiger partial charge in [-0.25, -0.2) is 14.2 Å². The summed E-state index contributed by atoms with van der Waals surface area (Å²) in [6.45, 7) is 11.6. The monoisotopic (exact) mass is 501 g/mol. The quantitative estimate of drug-likeness (QED) is 0.353. The number of hydrogen-bond donors (Lipinski definition) is 1. The highest BCUT2D eigenvalue weighted by Gasteiger charge is 2.25. The highest BCUT2D eigenvalue weighted by molar-refractivity contribution is 6.32. The number of nitrogens with one attached hydrogen (secondary N) is 1. The minimum absolute atomic E-state index is 0.284. The van der Waals surface area contributed by atoms with Gasteiger partial charge in [0.15, 0.2) is 0 Å². The van der Waals surface area contributed by atoms with Crippen molar-refractivity contribution in [2.45, 2.75) is 72.1 Å². The Morgan fingerprint density at radius 3 is 2.51 bits per heavy atom. The average Bonchev–Trinajstić information content (AvgIpc) is 2.75. The number of benzene rings is 1. The van der Waals surface area contributed by atoms with Crippen LogP contribution in [0.4, 0.5) is 9.18 Å². The predicted molar refractivity (Wildman–Crippen MR) is 137 cm³/mol. The molecule has 35 heavy (non-hydrogen) atoms. The number of halogens is 2. The van der Waals surface area contributed by atoms with Gasteiger partial charge in [0.25, 0.3) is 0 Å². The van der Waals surface area contributed by atoms with Crippen molar-refractivity contribution in [1.29, 1.82) is 0 Å². The molecule has 0 saturated carbocycles. The lowest BCUT2D eigenvalue weighted by Crippen LogP contribution is -2.46. The molecule has 188 valence electrons. The van der Waals surface area contributed by atoms with Crippen LogP contribution in [-0.2, 0) is 4.74 Å². The number of aromatic nitrogens is 2. The van der Waals surface area contributed by atoms with Crippen LogP contribution in [0.5, 0.6) is 5.88 Å². The third-order valence-corrected chi connectivity index (χ3v) is 5.69. The largest absolute Gasteiger partial charge is 0.471 e. The first kappa shape index (κ1) is 26.7. The maximum absolute atomic E-state index is 13.6. The van der Waals surface area contributed by atoms with Gasteiger partial charge in [-0.3, -0.25) is 4.98 Å². The summed E-state index contributed by atoms with van der Waals surface area (Å²) in [5.41, 5.74) is 1.56. The molecule has 1 aromatic carbocycles. The van der Waals surface area contributed by atoms with Gasteiger partial charge in [-0.2, -0.15) is 0 Å². The van der Waals surface area contributed by atoms with Crippen molar-refractivity contribution in [3.05, 3.63) is 53.6 Å². The highest BCUT2D eigenvalue weighted by atomic mass is 35.5. The zero-order chi connectivity index (χ0) is 25.8. The normalized spacial score (nSPS) is 13.5. The van der Waals surface area contributed by atoms with E-state index in [9.17, 15) is 9.18 Å². The number of alkyl carbamates (subject to hydrolysis) is 1. The molecule has 3 rings (SSSR count). The first-order chi connectivity index (χ1) is 16.4. The summed E-state index contributed by atoms with van der Waals surface area (Å²) in [7, 11) is 0. The van der Waals surface area contributed by atoms with Crippen LogP contribution >= 0.6 is 11.6 Å². The zero-order valence-electron chi connectivity index (χ0n) is 21.1. The number of hydrogen-bond acceptors (Lipinski definition) is 5. The molecular formula is C27H33ClFN3O3. The Morgan fingerprint density at radius 1 is 1.11 bits per heavy atom. The Balaban J connectivity index is 1.82. The summed E-state index contributed by atoms with van der Waals surface area (Å²) in [4.78, 5) is 21.0. The molecule has 6 nitrogen and oxygen atoms in total. The van der Waals surface area contributed by atoms with Gasteiger partial charge in [0.05, 0.1) is 11.6 Å². The van der Waals surface area contributed by atoms with E-state index in [0.717, 1.165) is 22.9 Å². The Hall–Kier alpha value is -2.93. The summed E-state index contributed by atoms with van der Waals surface area (Å²) in [6, 6.07) is 7.76. The van der Waals surface area contributed by atoms with Crippen molar-refractivity contribution in [1.82, 2.24) is 15.3 Å². The van der Waals surface area contributed by atoms with Gasteiger partial charge in [0.2, 0.25) is 5.88 Å².